The maximum absolute atomic E-state index is 10.9. The molecular formula is C15H12O4-2. The molecule has 2 aromatic carbocycles. The summed E-state index contributed by atoms with van der Waals surface area (Å²) in [6.45, 7) is 0. The molecule has 0 aromatic heterocycles. The maximum Gasteiger partial charge on any atom is 0.0452 e. The highest BCUT2D eigenvalue weighted by Gasteiger charge is 2.11. The molecule has 0 amide bonds. The van der Waals surface area contributed by atoms with E-state index in [1.54, 1.807) is 6.07 Å². The molecule has 2 aromatic rings. The first-order valence-electron chi connectivity index (χ1n) is 5.94. The van der Waals surface area contributed by atoms with E-state index in [-0.39, 0.29) is 6.42 Å². The van der Waals surface area contributed by atoms with Gasteiger partial charge in [-0.2, -0.15) is 0 Å². The first-order valence-corrected chi connectivity index (χ1v) is 5.94. The monoisotopic (exact) mass is 256 g/mol. The molecule has 2 rings (SSSR count). The molecule has 4 nitrogen and oxygen atoms in total. The topological polar surface area (TPSA) is 80.3 Å². The van der Waals surface area contributed by atoms with Crippen LogP contribution in [0.2, 0.25) is 0 Å². The van der Waals surface area contributed by atoms with Crippen molar-refractivity contribution in [2.75, 3.05) is 0 Å². The first-order chi connectivity index (χ1) is 9.06. The average molecular weight is 256 g/mol. The predicted molar refractivity (Wildman–Crippen MR) is 65.8 cm³/mol. The van der Waals surface area contributed by atoms with Crippen molar-refractivity contribution < 1.29 is 19.8 Å². The summed E-state index contributed by atoms with van der Waals surface area (Å²) in [5.74, 6) is -3.81. The van der Waals surface area contributed by atoms with E-state index in [0.717, 1.165) is 16.3 Å². The standard InChI is InChI=1S/C15H14O4/c16-14(17)9-13(15(18)19)8-10-5-6-11-3-1-2-4-12(11)7-10/h1-7,13H,8-9H2,(H,16,17)(H,18,19)/p-2. The quantitative estimate of drug-likeness (QED) is 0.747. The van der Waals surface area contributed by atoms with E-state index in [4.69, 9.17) is 0 Å². The highest BCUT2D eigenvalue weighted by Crippen LogP contribution is 2.19. The number of hydrogen-bond acceptors (Lipinski definition) is 4. The van der Waals surface area contributed by atoms with E-state index in [9.17, 15) is 19.8 Å². The molecule has 0 saturated heterocycles. The Morgan fingerprint density at radius 3 is 2.32 bits per heavy atom. The van der Waals surface area contributed by atoms with Crippen molar-refractivity contribution in [1.82, 2.24) is 0 Å². The van der Waals surface area contributed by atoms with Crippen molar-refractivity contribution >= 4 is 22.7 Å². The van der Waals surface area contributed by atoms with Crippen LogP contribution in [-0.4, -0.2) is 11.9 Å². The number of aliphatic carboxylic acids is 2. The summed E-state index contributed by atoms with van der Waals surface area (Å²) in [5, 5.41) is 23.5. The lowest BCUT2D eigenvalue weighted by Gasteiger charge is -2.18. The van der Waals surface area contributed by atoms with Crippen LogP contribution in [0.4, 0.5) is 0 Å². The highest BCUT2D eigenvalue weighted by molar-refractivity contribution is 5.83. The van der Waals surface area contributed by atoms with Crippen molar-refractivity contribution in [3.63, 3.8) is 0 Å². The predicted octanol–water partition coefficient (Wildman–Crippen LogP) is -0.112. The van der Waals surface area contributed by atoms with Gasteiger partial charge in [0.1, 0.15) is 0 Å². The molecule has 1 atom stereocenters. The van der Waals surface area contributed by atoms with Crippen molar-refractivity contribution in [2.24, 2.45) is 5.92 Å². The zero-order valence-electron chi connectivity index (χ0n) is 10.2. The molecule has 0 aliphatic heterocycles. The van der Waals surface area contributed by atoms with E-state index < -0.39 is 24.3 Å². The molecule has 0 heterocycles. The van der Waals surface area contributed by atoms with E-state index in [1.165, 1.54) is 0 Å². The number of carbonyl (C=O) groups excluding carboxylic acids is 2. The molecular weight excluding hydrogens is 244 g/mol. The molecule has 0 saturated carbocycles. The fourth-order valence-corrected chi connectivity index (χ4v) is 2.09. The van der Waals surface area contributed by atoms with Gasteiger partial charge < -0.3 is 19.8 Å². The molecule has 0 fully saturated rings. The van der Waals surface area contributed by atoms with E-state index >= 15 is 0 Å². The lowest BCUT2D eigenvalue weighted by Crippen LogP contribution is -2.37. The number of carbonyl (C=O) groups is 2. The van der Waals surface area contributed by atoms with Crippen molar-refractivity contribution in [3.8, 4) is 0 Å². The maximum atomic E-state index is 10.9. The van der Waals surface area contributed by atoms with Crippen molar-refractivity contribution in [3.05, 3.63) is 48.0 Å². The van der Waals surface area contributed by atoms with Gasteiger partial charge in [0.2, 0.25) is 0 Å². The molecule has 19 heavy (non-hydrogen) atoms. The molecule has 0 aliphatic rings. The zero-order chi connectivity index (χ0) is 13.8. The Morgan fingerprint density at radius 1 is 1.00 bits per heavy atom. The number of rotatable bonds is 5. The van der Waals surface area contributed by atoms with Crippen LogP contribution in [0.25, 0.3) is 10.8 Å². The fourth-order valence-electron chi connectivity index (χ4n) is 2.09. The van der Waals surface area contributed by atoms with Crippen LogP contribution in [0, 0.1) is 5.92 Å². The minimum absolute atomic E-state index is 0.126. The largest absolute Gasteiger partial charge is 0.550 e. The second kappa shape index (κ2) is 5.52. The summed E-state index contributed by atoms with van der Waals surface area (Å²) < 4.78 is 0. The normalized spacial score (nSPS) is 12.2. The van der Waals surface area contributed by atoms with Gasteiger partial charge in [-0.15, -0.1) is 0 Å². The van der Waals surface area contributed by atoms with E-state index in [2.05, 4.69) is 0 Å². The fraction of sp³-hybridized carbons (Fsp3) is 0.200. The first kappa shape index (κ1) is 13.1. The number of benzene rings is 2. The van der Waals surface area contributed by atoms with Gasteiger partial charge in [0, 0.05) is 17.9 Å². The summed E-state index contributed by atoms with van der Waals surface area (Å²) in [5.41, 5.74) is 0.772. The smallest absolute Gasteiger partial charge is 0.0452 e. The van der Waals surface area contributed by atoms with E-state index in [1.807, 2.05) is 36.4 Å². The number of carboxylic acid groups (broad SMARTS) is 2. The molecule has 0 bridgehead atoms. The second-order valence-electron chi connectivity index (χ2n) is 4.48. The summed E-state index contributed by atoms with van der Waals surface area (Å²) in [6, 6.07) is 13.2. The Balaban J connectivity index is 2.23. The van der Waals surface area contributed by atoms with Crippen LogP contribution < -0.4 is 10.2 Å². The Bertz CT molecular complexity index is 618. The SMILES string of the molecule is O=C([O-])CC(Cc1ccc2ccccc2c1)C(=O)[O-]. The molecule has 0 radical (unpaired) electrons. The van der Waals surface area contributed by atoms with Gasteiger partial charge in [-0.25, -0.2) is 0 Å². The summed E-state index contributed by atoms with van der Waals surface area (Å²) in [7, 11) is 0. The molecule has 1 unspecified atom stereocenters. The van der Waals surface area contributed by atoms with Crippen LogP contribution in [0.1, 0.15) is 12.0 Å². The third-order valence-electron chi connectivity index (χ3n) is 3.04. The van der Waals surface area contributed by atoms with Gasteiger partial charge in [0.15, 0.2) is 0 Å². The lowest BCUT2D eigenvalue weighted by atomic mass is 9.95. The Hall–Kier alpha value is -2.36. The van der Waals surface area contributed by atoms with Crippen LogP contribution in [0.15, 0.2) is 42.5 Å². The Morgan fingerprint density at radius 2 is 1.68 bits per heavy atom. The molecule has 4 heteroatoms. The third kappa shape index (κ3) is 3.31. The van der Waals surface area contributed by atoms with Gasteiger partial charge in [0.05, 0.1) is 0 Å². The zero-order valence-corrected chi connectivity index (χ0v) is 10.2. The van der Waals surface area contributed by atoms with Crippen molar-refractivity contribution in [1.29, 1.82) is 0 Å². The van der Waals surface area contributed by atoms with Gasteiger partial charge in [0.25, 0.3) is 0 Å². The minimum Gasteiger partial charge on any atom is -0.550 e. The summed E-state index contributed by atoms with van der Waals surface area (Å²) >= 11 is 0. The van der Waals surface area contributed by atoms with Crippen LogP contribution in [0.5, 0.6) is 0 Å². The molecule has 0 aliphatic carbocycles. The summed E-state index contributed by atoms with van der Waals surface area (Å²) in [6.07, 6.45) is -0.406. The molecule has 0 spiro atoms. The lowest BCUT2D eigenvalue weighted by molar-refractivity contribution is -0.320. The Labute approximate surface area is 110 Å². The van der Waals surface area contributed by atoms with Crippen LogP contribution in [0.3, 0.4) is 0 Å². The van der Waals surface area contributed by atoms with Gasteiger partial charge >= 0.3 is 0 Å². The number of carboxylic acids is 2. The van der Waals surface area contributed by atoms with Crippen molar-refractivity contribution in [2.45, 2.75) is 12.8 Å². The highest BCUT2D eigenvalue weighted by atomic mass is 16.4. The minimum atomic E-state index is -1.38. The Kier molecular flexibility index (Phi) is 3.80. The van der Waals surface area contributed by atoms with Gasteiger partial charge in [-0.1, -0.05) is 42.5 Å². The number of fused-ring (bicyclic) bond motifs is 1. The van der Waals surface area contributed by atoms with Gasteiger partial charge in [-0.05, 0) is 29.2 Å². The van der Waals surface area contributed by atoms with Gasteiger partial charge in [-0.3, -0.25) is 0 Å². The van der Waals surface area contributed by atoms with E-state index in [0.29, 0.717) is 0 Å². The van der Waals surface area contributed by atoms with Crippen LogP contribution >= 0.6 is 0 Å². The molecule has 0 N–H and O–H groups in total. The van der Waals surface area contributed by atoms with Crippen LogP contribution in [-0.2, 0) is 16.0 Å². The average Bonchev–Trinajstić information content (AvgIpc) is 2.37. The second-order valence-corrected chi connectivity index (χ2v) is 4.48. The molecule has 98 valence electrons. The number of hydrogen-bond donors (Lipinski definition) is 0. The summed E-state index contributed by atoms with van der Waals surface area (Å²) in [4.78, 5) is 21.4. The third-order valence-corrected chi connectivity index (χ3v) is 3.04.